The van der Waals surface area contributed by atoms with Crippen LogP contribution in [0.1, 0.15) is 21.7 Å². The minimum atomic E-state index is -0.242. The smallest absolute Gasteiger partial charge is 0.274 e. The molecule has 0 unspecified atom stereocenters. The van der Waals surface area contributed by atoms with E-state index in [1.165, 1.54) is 23.9 Å². The van der Waals surface area contributed by atoms with Gasteiger partial charge in [-0.3, -0.25) is 9.59 Å². The molecule has 0 spiro atoms. The van der Waals surface area contributed by atoms with Crippen LogP contribution < -0.4 is 10.5 Å². The van der Waals surface area contributed by atoms with E-state index in [1.807, 2.05) is 6.20 Å². The van der Waals surface area contributed by atoms with Crippen molar-refractivity contribution >= 4 is 11.9 Å². The number of amides is 1. The number of morpholine rings is 1. The van der Waals surface area contributed by atoms with Crippen LogP contribution in [0.2, 0.25) is 0 Å². The molecule has 0 aromatic carbocycles. The molecular weight excluding hydrogens is 336 g/mol. The van der Waals surface area contributed by atoms with Gasteiger partial charge in [-0.25, -0.2) is 14.6 Å². The summed E-state index contributed by atoms with van der Waals surface area (Å²) < 4.78 is 6.54. The molecule has 0 saturated carbocycles. The molecular formula is C17H20N6O3. The molecule has 2 aliphatic rings. The van der Waals surface area contributed by atoms with Gasteiger partial charge in [-0.15, -0.1) is 0 Å². The van der Waals surface area contributed by atoms with Crippen LogP contribution in [-0.4, -0.2) is 63.4 Å². The third-order valence-corrected chi connectivity index (χ3v) is 4.69. The van der Waals surface area contributed by atoms with Crippen LogP contribution in [0.15, 0.2) is 23.1 Å². The average Bonchev–Trinajstić information content (AvgIpc) is 2.69. The summed E-state index contributed by atoms with van der Waals surface area (Å²) in [7, 11) is 1.53. The van der Waals surface area contributed by atoms with Crippen molar-refractivity contribution in [2.45, 2.75) is 13.0 Å². The van der Waals surface area contributed by atoms with Crippen LogP contribution in [0.25, 0.3) is 0 Å². The summed E-state index contributed by atoms with van der Waals surface area (Å²) in [5, 5.41) is 4.05. The predicted octanol–water partition coefficient (Wildman–Crippen LogP) is -0.395. The van der Waals surface area contributed by atoms with Gasteiger partial charge in [-0.05, 0) is 18.1 Å². The number of carbonyl (C=O) groups excluding carboxylic acids is 1. The fourth-order valence-electron chi connectivity index (χ4n) is 3.16. The second-order valence-electron chi connectivity index (χ2n) is 6.40. The van der Waals surface area contributed by atoms with Gasteiger partial charge in [0, 0.05) is 38.9 Å². The van der Waals surface area contributed by atoms with Gasteiger partial charge in [0.25, 0.3) is 11.5 Å². The maximum Gasteiger partial charge on any atom is 0.274 e. The number of ether oxygens (including phenoxy) is 1. The van der Waals surface area contributed by atoms with Gasteiger partial charge in [0.05, 0.1) is 25.5 Å². The Labute approximate surface area is 150 Å². The second kappa shape index (κ2) is 6.83. The zero-order chi connectivity index (χ0) is 18.1. The SMILES string of the molecule is Cn1nc(C(=O)N2CCc3cnc(N4CCOCC4)nc3C2)ccc1=O. The molecule has 0 radical (unpaired) electrons. The molecule has 9 heteroatoms. The van der Waals surface area contributed by atoms with E-state index in [0.717, 1.165) is 24.3 Å². The van der Waals surface area contributed by atoms with Gasteiger partial charge in [0.1, 0.15) is 5.69 Å². The molecule has 1 fully saturated rings. The molecule has 0 atom stereocenters. The molecule has 9 nitrogen and oxygen atoms in total. The fraction of sp³-hybridized carbons (Fsp3) is 0.471. The van der Waals surface area contributed by atoms with Crippen LogP contribution in [0.3, 0.4) is 0 Å². The monoisotopic (exact) mass is 356 g/mol. The Morgan fingerprint density at radius 1 is 1.19 bits per heavy atom. The lowest BCUT2D eigenvalue weighted by Crippen LogP contribution is -2.40. The average molecular weight is 356 g/mol. The summed E-state index contributed by atoms with van der Waals surface area (Å²) >= 11 is 0. The minimum Gasteiger partial charge on any atom is -0.378 e. The predicted molar refractivity (Wildman–Crippen MR) is 93.0 cm³/mol. The van der Waals surface area contributed by atoms with Gasteiger partial charge in [0.2, 0.25) is 5.95 Å². The van der Waals surface area contributed by atoms with E-state index in [1.54, 1.807) is 4.90 Å². The molecule has 136 valence electrons. The van der Waals surface area contributed by atoms with Crippen molar-refractivity contribution in [2.24, 2.45) is 7.05 Å². The van der Waals surface area contributed by atoms with E-state index >= 15 is 0 Å². The first kappa shape index (κ1) is 16.6. The molecule has 1 amide bonds. The topological polar surface area (TPSA) is 93.5 Å². The number of aryl methyl sites for hydroxylation is 1. The first-order valence-electron chi connectivity index (χ1n) is 8.63. The molecule has 26 heavy (non-hydrogen) atoms. The van der Waals surface area contributed by atoms with Crippen molar-refractivity contribution in [3.63, 3.8) is 0 Å². The number of carbonyl (C=O) groups is 1. The molecule has 2 aromatic rings. The van der Waals surface area contributed by atoms with Crippen LogP contribution in [-0.2, 0) is 24.8 Å². The first-order chi connectivity index (χ1) is 12.6. The van der Waals surface area contributed by atoms with E-state index < -0.39 is 0 Å². The Bertz CT molecular complexity index is 890. The number of hydrogen-bond donors (Lipinski definition) is 0. The molecule has 4 heterocycles. The van der Waals surface area contributed by atoms with Gasteiger partial charge in [0.15, 0.2) is 0 Å². The zero-order valence-electron chi connectivity index (χ0n) is 14.6. The summed E-state index contributed by atoms with van der Waals surface area (Å²) in [5.74, 6) is 0.486. The van der Waals surface area contributed by atoms with E-state index in [0.29, 0.717) is 38.7 Å². The number of aromatic nitrogens is 4. The van der Waals surface area contributed by atoms with Gasteiger partial charge in [-0.2, -0.15) is 5.10 Å². The number of rotatable bonds is 2. The van der Waals surface area contributed by atoms with Crippen molar-refractivity contribution in [1.29, 1.82) is 0 Å². The third kappa shape index (κ3) is 3.17. The summed E-state index contributed by atoms with van der Waals surface area (Å²) in [6.07, 6.45) is 2.57. The highest BCUT2D eigenvalue weighted by molar-refractivity contribution is 5.92. The van der Waals surface area contributed by atoms with Crippen molar-refractivity contribution in [2.75, 3.05) is 37.7 Å². The molecule has 0 bridgehead atoms. The van der Waals surface area contributed by atoms with Crippen LogP contribution in [0.4, 0.5) is 5.95 Å². The van der Waals surface area contributed by atoms with Crippen LogP contribution in [0.5, 0.6) is 0 Å². The summed E-state index contributed by atoms with van der Waals surface area (Å²) in [5.41, 5.74) is 1.96. The molecule has 0 N–H and O–H groups in total. The molecule has 1 saturated heterocycles. The number of hydrogen-bond acceptors (Lipinski definition) is 7. The minimum absolute atomic E-state index is 0.196. The number of nitrogens with zero attached hydrogens (tertiary/aromatic N) is 6. The highest BCUT2D eigenvalue weighted by atomic mass is 16.5. The van der Waals surface area contributed by atoms with Crippen molar-refractivity contribution in [3.8, 4) is 0 Å². The van der Waals surface area contributed by atoms with Crippen molar-refractivity contribution < 1.29 is 9.53 Å². The van der Waals surface area contributed by atoms with E-state index in [4.69, 9.17) is 4.74 Å². The quantitative estimate of drug-likeness (QED) is 0.723. The van der Waals surface area contributed by atoms with Gasteiger partial charge in [-0.1, -0.05) is 0 Å². The molecule has 0 aliphatic carbocycles. The lowest BCUT2D eigenvalue weighted by atomic mass is 10.1. The summed E-state index contributed by atoms with van der Waals surface area (Å²) in [6.45, 7) is 3.87. The van der Waals surface area contributed by atoms with Crippen molar-refractivity contribution in [1.82, 2.24) is 24.6 Å². The van der Waals surface area contributed by atoms with E-state index in [2.05, 4.69) is 20.0 Å². The van der Waals surface area contributed by atoms with Crippen LogP contribution in [0, 0.1) is 0 Å². The van der Waals surface area contributed by atoms with E-state index in [9.17, 15) is 9.59 Å². The van der Waals surface area contributed by atoms with Gasteiger partial charge < -0.3 is 14.5 Å². The Morgan fingerprint density at radius 2 is 2.00 bits per heavy atom. The van der Waals surface area contributed by atoms with Crippen LogP contribution >= 0.6 is 0 Å². The Kier molecular flexibility index (Phi) is 4.37. The lowest BCUT2D eigenvalue weighted by Gasteiger charge is -2.30. The first-order valence-corrected chi connectivity index (χ1v) is 8.63. The highest BCUT2D eigenvalue weighted by Gasteiger charge is 2.25. The summed E-state index contributed by atoms with van der Waals surface area (Å²) in [4.78, 5) is 37.2. The maximum atomic E-state index is 12.7. The number of fused-ring (bicyclic) bond motifs is 1. The molecule has 2 aliphatic heterocycles. The third-order valence-electron chi connectivity index (χ3n) is 4.69. The Hall–Kier alpha value is -2.81. The van der Waals surface area contributed by atoms with E-state index in [-0.39, 0.29) is 17.2 Å². The number of anilines is 1. The molecule has 2 aromatic heterocycles. The standard InChI is InChI=1S/C17H20N6O3/c1-21-15(24)3-2-13(20-21)16(25)23-5-4-12-10-18-17(19-14(12)11-23)22-6-8-26-9-7-22/h2-3,10H,4-9,11H2,1H3. The largest absolute Gasteiger partial charge is 0.378 e. The summed E-state index contributed by atoms with van der Waals surface area (Å²) in [6, 6.07) is 2.83. The molecule has 4 rings (SSSR count). The Balaban J connectivity index is 1.55. The second-order valence-corrected chi connectivity index (χ2v) is 6.40. The maximum absolute atomic E-state index is 12.7. The van der Waals surface area contributed by atoms with Gasteiger partial charge >= 0.3 is 0 Å². The van der Waals surface area contributed by atoms with Crippen molar-refractivity contribution in [3.05, 3.63) is 45.6 Å². The highest BCUT2D eigenvalue weighted by Crippen LogP contribution is 2.20. The fourth-order valence-corrected chi connectivity index (χ4v) is 3.16. The lowest BCUT2D eigenvalue weighted by molar-refractivity contribution is 0.0723. The zero-order valence-corrected chi connectivity index (χ0v) is 14.6. The Morgan fingerprint density at radius 3 is 2.77 bits per heavy atom. The normalized spacial score (nSPS) is 17.1.